The highest BCUT2D eigenvalue weighted by Crippen LogP contribution is 2.44. The van der Waals surface area contributed by atoms with Gasteiger partial charge in [0.2, 0.25) is 0 Å². The number of hydrazine groups is 1. The molecule has 1 aliphatic heterocycles. The largest absolute Gasteiger partial charge is 0.375 e. The highest BCUT2D eigenvalue weighted by atomic mass is 16.5. The Morgan fingerprint density at radius 2 is 2.15 bits per heavy atom. The minimum Gasteiger partial charge on any atom is -0.375 e. The normalized spacial score (nSPS) is 26.8. The summed E-state index contributed by atoms with van der Waals surface area (Å²) in [6.45, 7) is 2.78. The number of aryl methyl sites for hydroxylation is 1. The van der Waals surface area contributed by atoms with Crippen molar-refractivity contribution < 1.29 is 4.74 Å². The minimum absolute atomic E-state index is 0.0736. The molecular weight excluding hydrogens is 252 g/mol. The van der Waals surface area contributed by atoms with Crippen molar-refractivity contribution in [3.63, 3.8) is 0 Å². The fourth-order valence-electron chi connectivity index (χ4n) is 3.74. The van der Waals surface area contributed by atoms with Crippen LogP contribution in [-0.4, -0.2) is 22.2 Å². The maximum absolute atomic E-state index is 6.10. The highest BCUT2D eigenvalue weighted by Gasteiger charge is 2.42. The van der Waals surface area contributed by atoms with Crippen molar-refractivity contribution in [3.05, 3.63) is 23.8 Å². The molecule has 1 spiro atoms. The lowest BCUT2D eigenvalue weighted by Gasteiger charge is -2.41. The van der Waals surface area contributed by atoms with E-state index in [4.69, 9.17) is 10.6 Å². The quantitative estimate of drug-likeness (QED) is 0.653. The van der Waals surface area contributed by atoms with Gasteiger partial charge in [0.05, 0.1) is 29.2 Å². The summed E-state index contributed by atoms with van der Waals surface area (Å²) < 4.78 is 6.10. The number of rotatable bonds is 3. The first kappa shape index (κ1) is 13.9. The van der Waals surface area contributed by atoms with Gasteiger partial charge in [-0.25, -0.2) is 0 Å². The number of aromatic nitrogens is 2. The molecule has 3 rings (SSSR count). The lowest BCUT2D eigenvalue weighted by atomic mass is 9.80. The summed E-state index contributed by atoms with van der Waals surface area (Å²) in [4.78, 5) is 8.84. The standard InChI is InChI=1S/C15H24N4O/c1-11-9-18-13(10-17-11)14(19-16)12-4-7-20-15(8-12)5-2-3-6-15/h9-10,12,14,19H,2-8,16H2,1H3. The van der Waals surface area contributed by atoms with Crippen molar-refractivity contribution >= 4 is 0 Å². The van der Waals surface area contributed by atoms with Crippen molar-refractivity contribution in [2.75, 3.05) is 6.61 Å². The predicted octanol–water partition coefficient (Wildman–Crippen LogP) is 2.03. The van der Waals surface area contributed by atoms with Crippen LogP contribution >= 0.6 is 0 Å². The van der Waals surface area contributed by atoms with Gasteiger partial charge in [-0.05, 0) is 38.5 Å². The second-order valence-electron chi connectivity index (χ2n) is 6.22. The summed E-state index contributed by atoms with van der Waals surface area (Å²) >= 11 is 0. The van der Waals surface area contributed by atoms with Crippen molar-refractivity contribution in [1.82, 2.24) is 15.4 Å². The first-order valence-corrected chi connectivity index (χ1v) is 7.61. The lowest BCUT2D eigenvalue weighted by molar-refractivity contribution is -0.0984. The van der Waals surface area contributed by atoms with E-state index in [-0.39, 0.29) is 11.6 Å². The van der Waals surface area contributed by atoms with E-state index in [9.17, 15) is 0 Å². The van der Waals surface area contributed by atoms with Gasteiger partial charge in [0.15, 0.2) is 0 Å². The first-order chi connectivity index (χ1) is 9.72. The van der Waals surface area contributed by atoms with Crippen LogP contribution in [0.3, 0.4) is 0 Å². The Balaban J connectivity index is 1.76. The molecule has 2 atom stereocenters. The SMILES string of the molecule is Cc1cnc(C(NN)C2CCOC3(CCCC3)C2)cn1. The highest BCUT2D eigenvalue weighted by molar-refractivity contribution is 5.08. The predicted molar refractivity (Wildman–Crippen MR) is 76.7 cm³/mol. The molecule has 3 N–H and O–H groups in total. The van der Waals surface area contributed by atoms with Gasteiger partial charge in [-0.3, -0.25) is 21.2 Å². The van der Waals surface area contributed by atoms with Gasteiger partial charge in [0.25, 0.3) is 0 Å². The van der Waals surface area contributed by atoms with E-state index in [1.54, 1.807) is 0 Å². The summed E-state index contributed by atoms with van der Waals surface area (Å²) in [6.07, 6.45) is 10.7. The summed E-state index contributed by atoms with van der Waals surface area (Å²) in [5.74, 6) is 6.28. The van der Waals surface area contributed by atoms with Gasteiger partial charge < -0.3 is 4.74 Å². The molecule has 0 radical (unpaired) electrons. The average Bonchev–Trinajstić information content (AvgIpc) is 2.90. The number of nitrogens with two attached hydrogens (primary N) is 1. The van der Waals surface area contributed by atoms with E-state index in [0.717, 1.165) is 30.8 Å². The topological polar surface area (TPSA) is 73.1 Å². The van der Waals surface area contributed by atoms with Crippen LogP contribution in [0.15, 0.2) is 12.4 Å². The Morgan fingerprint density at radius 1 is 1.35 bits per heavy atom. The number of nitrogens with zero attached hydrogens (tertiary/aromatic N) is 2. The maximum Gasteiger partial charge on any atom is 0.0772 e. The minimum atomic E-state index is 0.0736. The third-order valence-electron chi connectivity index (χ3n) is 4.82. The van der Waals surface area contributed by atoms with Gasteiger partial charge in [0.1, 0.15) is 0 Å². The molecule has 0 bridgehead atoms. The van der Waals surface area contributed by atoms with Crippen LogP contribution in [0.5, 0.6) is 0 Å². The van der Waals surface area contributed by atoms with E-state index in [1.165, 1.54) is 25.7 Å². The summed E-state index contributed by atoms with van der Waals surface area (Å²) in [7, 11) is 0. The molecule has 1 aliphatic carbocycles. The molecule has 1 aromatic rings. The second-order valence-corrected chi connectivity index (χ2v) is 6.22. The van der Waals surface area contributed by atoms with Gasteiger partial charge >= 0.3 is 0 Å². The second kappa shape index (κ2) is 5.76. The lowest BCUT2D eigenvalue weighted by Crippen LogP contribution is -2.43. The monoisotopic (exact) mass is 276 g/mol. The van der Waals surface area contributed by atoms with Crippen LogP contribution in [0, 0.1) is 12.8 Å². The van der Waals surface area contributed by atoms with Gasteiger partial charge in [-0.15, -0.1) is 0 Å². The molecule has 0 amide bonds. The zero-order chi connectivity index (χ0) is 14.0. The molecule has 2 heterocycles. The Hall–Kier alpha value is -1.04. The van der Waals surface area contributed by atoms with Gasteiger partial charge in [0, 0.05) is 12.8 Å². The Bertz CT molecular complexity index is 442. The molecule has 2 fully saturated rings. The number of ether oxygens (including phenoxy) is 1. The van der Waals surface area contributed by atoms with E-state index >= 15 is 0 Å². The molecule has 1 saturated carbocycles. The molecule has 1 aromatic heterocycles. The molecule has 2 aliphatic rings. The van der Waals surface area contributed by atoms with Crippen molar-refractivity contribution in [1.29, 1.82) is 0 Å². The third kappa shape index (κ3) is 2.71. The molecular formula is C15H24N4O. The zero-order valence-electron chi connectivity index (χ0n) is 12.1. The number of hydrogen-bond donors (Lipinski definition) is 2. The van der Waals surface area contributed by atoms with Crippen LogP contribution in [-0.2, 0) is 4.74 Å². The summed E-state index contributed by atoms with van der Waals surface area (Å²) in [5.41, 5.74) is 4.94. The van der Waals surface area contributed by atoms with Gasteiger partial charge in [-0.2, -0.15) is 0 Å². The smallest absolute Gasteiger partial charge is 0.0772 e. The number of nitrogens with one attached hydrogen (secondary N) is 1. The van der Waals surface area contributed by atoms with E-state index in [1.807, 2.05) is 19.3 Å². The Labute approximate surface area is 120 Å². The zero-order valence-corrected chi connectivity index (χ0v) is 12.1. The maximum atomic E-state index is 6.10. The fourth-order valence-corrected chi connectivity index (χ4v) is 3.74. The third-order valence-corrected chi connectivity index (χ3v) is 4.82. The van der Waals surface area contributed by atoms with Crippen LogP contribution in [0.1, 0.15) is 56.0 Å². The van der Waals surface area contributed by atoms with Crippen molar-refractivity contribution in [2.45, 2.75) is 57.1 Å². The molecule has 5 nitrogen and oxygen atoms in total. The van der Waals surface area contributed by atoms with Crippen LogP contribution in [0.2, 0.25) is 0 Å². The molecule has 20 heavy (non-hydrogen) atoms. The molecule has 1 saturated heterocycles. The van der Waals surface area contributed by atoms with Crippen LogP contribution < -0.4 is 11.3 Å². The van der Waals surface area contributed by atoms with Crippen molar-refractivity contribution in [3.8, 4) is 0 Å². The summed E-state index contributed by atoms with van der Waals surface area (Å²) in [6, 6.07) is 0.0736. The van der Waals surface area contributed by atoms with Crippen LogP contribution in [0.4, 0.5) is 0 Å². The Kier molecular flexibility index (Phi) is 4.01. The van der Waals surface area contributed by atoms with Gasteiger partial charge in [-0.1, -0.05) is 12.8 Å². The van der Waals surface area contributed by atoms with Crippen molar-refractivity contribution in [2.24, 2.45) is 11.8 Å². The molecule has 110 valence electrons. The first-order valence-electron chi connectivity index (χ1n) is 7.61. The van der Waals surface area contributed by atoms with E-state index < -0.39 is 0 Å². The molecule has 5 heteroatoms. The average molecular weight is 276 g/mol. The fraction of sp³-hybridized carbons (Fsp3) is 0.733. The Morgan fingerprint density at radius 3 is 2.80 bits per heavy atom. The van der Waals surface area contributed by atoms with Crippen LogP contribution in [0.25, 0.3) is 0 Å². The summed E-state index contributed by atoms with van der Waals surface area (Å²) in [5, 5.41) is 0. The molecule has 0 aromatic carbocycles. The van der Waals surface area contributed by atoms with E-state index in [2.05, 4.69) is 15.4 Å². The molecule has 2 unspecified atom stereocenters. The van der Waals surface area contributed by atoms with E-state index in [0.29, 0.717) is 5.92 Å². The number of hydrogen-bond acceptors (Lipinski definition) is 5.